The second-order valence-corrected chi connectivity index (χ2v) is 7.86. The Kier molecular flexibility index (Phi) is 6.75. The Morgan fingerprint density at radius 3 is 2.56 bits per heavy atom. The van der Waals surface area contributed by atoms with Crippen LogP contribution in [0.2, 0.25) is 0 Å². The summed E-state index contributed by atoms with van der Waals surface area (Å²) >= 11 is 0. The molecule has 32 heavy (non-hydrogen) atoms. The van der Waals surface area contributed by atoms with Crippen LogP contribution >= 0.6 is 0 Å². The van der Waals surface area contributed by atoms with Gasteiger partial charge < -0.3 is 15.4 Å². The highest BCUT2D eigenvalue weighted by molar-refractivity contribution is 6.09. The number of para-hydroxylation sites is 1. The molecule has 7 nitrogen and oxygen atoms in total. The number of carbonyl (C=O) groups excluding carboxylic acids is 2. The molecular weight excluding hydrogens is 404 g/mol. The van der Waals surface area contributed by atoms with Gasteiger partial charge in [0, 0.05) is 36.3 Å². The van der Waals surface area contributed by atoms with E-state index < -0.39 is 0 Å². The molecule has 2 amide bonds. The predicted molar refractivity (Wildman–Crippen MR) is 122 cm³/mol. The van der Waals surface area contributed by atoms with Crippen LogP contribution in [0.3, 0.4) is 0 Å². The number of carbonyl (C=O) groups is 2. The number of anilines is 1. The maximum Gasteiger partial charge on any atom is 0.255 e. The minimum Gasteiger partial charge on any atom is -0.474 e. The van der Waals surface area contributed by atoms with Gasteiger partial charge in [-0.2, -0.15) is 0 Å². The van der Waals surface area contributed by atoms with Crippen LogP contribution in [0.1, 0.15) is 57.5 Å². The Morgan fingerprint density at radius 1 is 1.00 bits per heavy atom. The predicted octanol–water partition coefficient (Wildman–Crippen LogP) is 4.29. The van der Waals surface area contributed by atoms with Crippen molar-refractivity contribution in [2.75, 3.05) is 5.32 Å². The van der Waals surface area contributed by atoms with Gasteiger partial charge in [-0.15, -0.1) is 0 Å². The molecule has 0 radical (unpaired) electrons. The molecule has 1 aromatic carbocycles. The molecule has 1 aliphatic rings. The van der Waals surface area contributed by atoms with E-state index in [0.717, 1.165) is 24.0 Å². The molecule has 0 saturated heterocycles. The van der Waals surface area contributed by atoms with Crippen molar-refractivity contribution < 1.29 is 14.3 Å². The second kappa shape index (κ2) is 10.0. The van der Waals surface area contributed by atoms with E-state index in [2.05, 4.69) is 20.6 Å². The zero-order valence-corrected chi connectivity index (χ0v) is 18.0. The van der Waals surface area contributed by atoms with Crippen molar-refractivity contribution in [1.29, 1.82) is 0 Å². The normalized spacial score (nSPS) is 13.5. The van der Waals surface area contributed by atoms with E-state index in [9.17, 15) is 9.59 Å². The zero-order chi connectivity index (χ0) is 22.3. The number of nitrogens with one attached hydrogen (secondary N) is 2. The minimum absolute atomic E-state index is 0.186. The largest absolute Gasteiger partial charge is 0.474 e. The van der Waals surface area contributed by atoms with Crippen molar-refractivity contribution in [3.8, 4) is 5.88 Å². The molecule has 1 aliphatic carbocycles. The average Bonchev–Trinajstić information content (AvgIpc) is 3.33. The third-order valence-electron chi connectivity index (χ3n) is 5.57. The molecule has 0 bridgehead atoms. The SMILES string of the molecule is Cc1cccc(C(=O)NCc2cccnc2OC2CCCC2)c1NC(=O)c1ccncc1. The third kappa shape index (κ3) is 5.11. The van der Waals surface area contributed by atoms with Crippen LogP contribution in [0.15, 0.2) is 61.1 Å². The minimum atomic E-state index is -0.296. The van der Waals surface area contributed by atoms with Crippen molar-refractivity contribution in [3.05, 3.63) is 83.3 Å². The smallest absolute Gasteiger partial charge is 0.255 e. The molecule has 0 aliphatic heterocycles. The van der Waals surface area contributed by atoms with E-state index >= 15 is 0 Å². The van der Waals surface area contributed by atoms with E-state index in [-0.39, 0.29) is 24.5 Å². The van der Waals surface area contributed by atoms with E-state index in [1.54, 1.807) is 42.9 Å². The molecule has 0 unspecified atom stereocenters. The van der Waals surface area contributed by atoms with Gasteiger partial charge in [0.05, 0.1) is 11.3 Å². The van der Waals surface area contributed by atoms with Gasteiger partial charge in [-0.1, -0.05) is 18.2 Å². The molecule has 4 rings (SSSR count). The number of aryl methyl sites for hydroxylation is 1. The first-order chi connectivity index (χ1) is 15.6. The Labute approximate surface area is 187 Å². The van der Waals surface area contributed by atoms with E-state index in [1.807, 2.05) is 25.1 Å². The summed E-state index contributed by atoms with van der Waals surface area (Å²) in [5.41, 5.74) is 2.98. The maximum atomic E-state index is 13.0. The van der Waals surface area contributed by atoms with E-state index in [0.29, 0.717) is 22.7 Å². The summed E-state index contributed by atoms with van der Waals surface area (Å²) < 4.78 is 6.06. The summed E-state index contributed by atoms with van der Waals surface area (Å²) in [4.78, 5) is 34.0. The molecule has 1 saturated carbocycles. The number of pyridine rings is 2. The first-order valence-corrected chi connectivity index (χ1v) is 10.8. The van der Waals surface area contributed by atoms with Crippen LogP contribution in [0.5, 0.6) is 5.88 Å². The quantitative estimate of drug-likeness (QED) is 0.583. The fraction of sp³-hybridized carbons (Fsp3) is 0.280. The lowest BCUT2D eigenvalue weighted by Gasteiger charge is -2.16. The van der Waals surface area contributed by atoms with E-state index in [4.69, 9.17) is 4.74 Å². The molecule has 1 fully saturated rings. The Morgan fingerprint density at radius 2 is 1.78 bits per heavy atom. The van der Waals surface area contributed by atoms with Gasteiger partial charge in [0.2, 0.25) is 5.88 Å². The van der Waals surface area contributed by atoms with Crippen LogP contribution in [-0.4, -0.2) is 27.9 Å². The van der Waals surface area contributed by atoms with Crippen molar-refractivity contribution in [1.82, 2.24) is 15.3 Å². The van der Waals surface area contributed by atoms with Gasteiger partial charge in [-0.05, 0) is 62.4 Å². The van der Waals surface area contributed by atoms with Crippen LogP contribution in [0.4, 0.5) is 5.69 Å². The number of benzene rings is 1. The fourth-order valence-electron chi connectivity index (χ4n) is 3.81. The summed E-state index contributed by atoms with van der Waals surface area (Å²) in [5, 5.41) is 5.81. The van der Waals surface area contributed by atoms with Gasteiger partial charge in [0.15, 0.2) is 0 Å². The van der Waals surface area contributed by atoms with Crippen LogP contribution < -0.4 is 15.4 Å². The van der Waals surface area contributed by atoms with Gasteiger partial charge in [0.1, 0.15) is 6.10 Å². The molecule has 2 N–H and O–H groups in total. The molecule has 0 atom stereocenters. The lowest BCUT2D eigenvalue weighted by atomic mass is 10.1. The molecule has 3 aromatic rings. The lowest BCUT2D eigenvalue weighted by molar-refractivity contribution is 0.0951. The fourth-order valence-corrected chi connectivity index (χ4v) is 3.81. The van der Waals surface area contributed by atoms with Crippen LogP contribution in [-0.2, 0) is 6.54 Å². The first-order valence-electron chi connectivity index (χ1n) is 10.8. The highest BCUT2D eigenvalue weighted by Crippen LogP contribution is 2.25. The summed E-state index contributed by atoms with van der Waals surface area (Å²) in [6.45, 7) is 2.13. The second-order valence-electron chi connectivity index (χ2n) is 7.86. The summed E-state index contributed by atoms with van der Waals surface area (Å²) in [6, 6.07) is 12.3. The topological polar surface area (TPSA) is 93.2 Å². The first kappa shape index (κ1) is 21.5. The highest BCUT2D eigenvalue weighted by atomic mass is 16.5. The Bertz CT molecular complexity index is 1100. The zero-order valence-electron chi connectivity index (χ0n) is 18.0. The number of nitrogens with zero attached hydrogens (tertiary/aromatic N) is 2. The number of hydrogen-bond acceptors (Lipinski definition) is 5. The summed E-state index contributed by atoms with van der Waals surface area (Å²) in [7, 11) is 0. The Balaban J connectivity index is 1.47. The average molecular weight is 431 g/mol. The van der Waals surface area contributed by atoms with Gasteiger partial charge in [0.25, 0.3) is 11.8 Å². The van der Waals surface area contributed by atoms with Crippen LogP contribution in [0.25, 0.3) is 0 Å². The third-order valence-corrected chi connectivity index (χ3v) is 5.57. The number of aromatic nitrogens is 2. The standard InChI is InChI=1S/C25H26N4O3/c1-17-6-4-10-21(22(17)29-23(30)18-11-14-26-15-12-18)24(31)28-16-19-7-5-13-27-25(19)32-20-8-2-3-9-20/h4-7,10-15,20H,2-3,8-9,16H2,1H3,(H,28,31)(H,29,30). The molecule has 7 heteroatoms. The maximum absolute atomic E-state index is 13.0. The van der Waals surface area contributed by atoms with Crippen molar-refractivity contribution in [2.45, 2.75) is 45.3 Å². The number of hydrogen-bond donors (Lipinski definition) is 2. The van der Waals surface area contributed by atoms with Gasteiger partial charge in [-0.25, -0.2) is 4.98 Å². The number of ether oxygens (including phenoxy) is 1. The Hall–Kier alpha value is -3.74. The molecule has 2 heterocycles. The molecule has 2 aromatic heterocycles. The van der Waals surface area contributed by atoms with Gasteiger partial charge in [-0.3, -0.25) is 14.6 Å². The summed E-state index contributed by atoms with van der Waals surface area (Å²) in [5.74, 6) is -0.0141. The lowest BCUT2D eigenvalue weighted by Crippen LogP contribution is -2.26. The molecular formula is C25H26N4O3. The summed E-state index contributed by atoms with van der Waals surface area (Å²) in [6.07, 6.45) is 9.40. The monoisotopic (exact) mass is 430 g/mol. The van der Waals surface area contributed by atoms with E-state index in [1.165, 1.54) is 12.8 Å². The van der Waals surface area contributed by atoms with Gasteiger partial charge >= 0.3 is 0 Å². The molecule has 164 valence electrons. The van der Waals surface area contributed by atoms with Crippen molar-refractivity contribution in [2.24, 2.45) is 0 Å². The highest BCUT2D eigenvalue weighted by Gasteiger charge is 2.20. The van der Waals surface area contributed by atoms with Crippen LogP contribution in [0, 0.1) is 6.92 Å². The van der Waals surface area contributed by atoms with Crippen molar-refractivity contribution >= 4 is 17.5 Å². The number of rotatable bonds is 7. The van der Waals surface area contributed by atoms with Crippen molar-refractivity contribution in [3.63, 3.8) is 0 Å². The molecule has 0 spiro atoms. The number of amides is 2.